The average Bonchev–Trinajstić information content (AvgIpc) is 2.43. The molecular weight excluding hydrogens is 268 g/mol. The minimum Gasteiger partial charge on any atom is -0.394 e. The molecule has 0 radical (unpaired) electrons. The third kappa shape index (κ3) is 3.13. The van der Waals surface area contributed by atoms with Gasteiger partial charge in [-0.3, -0.25) is 4.79 Å². The Hall–Kier alpha value is -1.53. The average molecular weight is 285 g/mol. The molecule has 6 heteroatoms. The summed E-state index contributed by atoms with van der Waals surface area (Å²) < 4.78 is 32.4. The predicted molar refractivity (Wildman–Crippen MR) is 68.1 cm³/mol. The van der Waals surface area contributed by atoms with Crippen LogP contribution >= 0.6 is 0 Å². The molecule has 1 heterocycles. The second-order valence-electron chi connectivity index (χ2n) is 4.91. The van der Waals surface area contributed by atoms with Gasteiger partial charge in [0.15, 0.2) is 0 Å². The van der Waals surface area contributed by atoms with Crippen LogP contribution in [0.15, 0.2) is 18.2 Å². The van der Waals surface area contributed by atoms with Gasteiger partial charge in [-0.25, -0.2) is 8.78 Å². The number of benzene rings is 1. The molecule has 2 rings (SSSR count). The van der Waals surface area contributed by atoms with Crippen molar-refractivity contribution >= 4 is 5.91 Å². The van der Waals surface area contributed by atoms with Crippen LogP contribution in [-0.4, -0.2) is 47.8 Å². The van der Waals surface area contributed by atoms with Crippen molar-refractivity contribution in [1.82, 2.24) is 4.90 Å². The normalized spacial score (nSPS) is 22.9. The minimum absolute atomic E-state index is 0.180. The van der Waals surface area contributed by atoms with Gasteiger partial charge in [-0.15, -0.1) is 0 Å². The van der Waals surface area contributed by atoms with E-state index in [2.05, 4.69) is 0 Å². The van der Waals surface area contributed by atoms with Crippen molar-refractivity contribution in [3.8, 4) is 0 Å². The number of carbonyl (C=O) groups excluding carboxylic acids is 1. The number of aliphatic hydroxyl groups is 1. The molecule has 1 aliphatic heterocycles. The highest BCUT2D eigenvalue weighted by molar-refractivity contribution is 5.79. The number of morpholine rings is 1. The first-order valence-corrected chi connectivity index (χ1v) is 6.47. The number of halogens is 2. The van der Waals surface area contributed by atoms with Gasteiger partial charge in [-0.2, -0.15) is 0 Å². The van der Waals surface area contributed by atoms with Gasteiger partial charge in [-0.1, -0.05) is 6.07 Å². The van der Waals surface area contributed by atoms with Gasteiger partial charge in [0.25, 0.3) is 0 Å². The van der Waals surface area contributed by atoms with Gasteiger partial charge in [0.1, 0.15) is 11.6 Å². The fraction of sp³-hybridized carbons (Fsp3) is 0.500. The molecule has 0 aliphatic carbocycles. The molecule has 20 heavy (non-hydrogen) atoms. The summed E-state index contributed by atoms with van der Waals surface area (Å²) in [4.78, 5) is 13.7. The molecule has 1 aromatic carbocycles. The van der Waals surface area contributed by atoms with Gasteiger partial charge < -0.3 is 14.7 Å². The molecule has 1 aliphatic rings. The van der Waals surface area contributed by atoms with Crippen LogP contribution in [-0.2, 0) is 16.0 Å². The molecule has 1 saturated heterocycles. The van der Waals surface area contributed by atoms with Gasteiger partial charge in [0.05, 0.1) is 31.8 Å². The zero-order valence-electron chi connectivity index (χ0n) is 11.2. The van der Waals surface area contributed by atoms with E-state index in [0.717, 1.165) is 12.1 Å². The van der Waals surface area contributed by atoms with Gasteiger partial charge in [0, 0.05) is 12.1 Å². The fourth-order valence-corrected chi connectivity index (χ4v) is 2.23. The Morgan fingerprint density at radius 3 is 2.70 bits per heavy atom. The van der Waals surface area contributed by atoms with Crippen LogP contribution in [0.3, 0.4) is 0 Å². The van der Waals surface area contributed by atoms with Crippen molar-refractivity contribution < 1.29 is 23.4 Å². The van der Waals surface area contributed by atoms with Crippen molar-refractivity contribution in [1.29, 1.82) is 0 Å². The van der Waals surface area contributed by atoms with Crippen LogP contribution in [0.2, 0.25) is 0 Å². The van der Waals surface area contributed by atoms with Crippen molar-refractivity contribution in [2.45, 2.75) is 25.5 Å². The molecule has 4 nitrogen and oxygen atoms in total. The second kappa shape index (κ2) is 6.28. The molecule has 0 bridgehead atoms. The summed E-state index contributed by atoms with van der Waals surface area (Å²) in [7, 11) is 0. The molecule has 1 amide bonds. The lowest BCUT2D eigenvalue weighted by molar-refractivity contribution is -0.145. The SMILES string of the molecule is CC1COC(CO)CN1C(=O)Cc1c(F)cccc1F. The lowest BCUT2D eigenvalue weighted by Crippen LogP contribution is -2.52. The maximum atomic E-state index is 13.5. The molecule has 0 spiro atoms. The largest absolute Gasteiger partial charge is 0.394 e. The number of nitrogens with zero attached hydrogens (tertiary/aromatic N) is 1. The first-order valence-electron chi connectivity index (χ1n) is 6.47. The molecule has 0 saturated carbocycles. The third-order valence-electron chi connectivity index (χ3n) is 3.42. The lowest BCUT2D eigenvalue weighted by atomic mass is 10.1. The minimum atomic E-state index is -0.724. The number of aliphatic hydroxyl groups excluding tert-OH is 1. The third-order valence-corrected chi connectivity index (χ3v) is 3.42. The van der Waals surface area contributed by atoms with E-state index in [1.807, 2.05) is 0 Å². The highest BCUT2D eigenvalue weighted by Gasteiger charge is 2.30. The molecule has 0 aromatic heterocycles. The van der Waals surface area contributed by atoms with Crippen molar-refractivity contribution in [3.63, 3.8) is 0 Å². The van der Waals surface area contributed by atoms with Gasteiger partial charge in [-0.05, 0) is 19.1 Å². The Kier molecular flexibility index (Phi) is 4.67. The summed E-state index contributed by atoms with van der Waals surface area (Å²) in [6.07, 6.45) is -0.776. The summed E-state index contributed by atoms with van der Waals surface area (Å²) in [6, 6.07) is 3.34. The summed E-state index contributed by atoms with van der Waals surface area (Å²) in [5.74, 6) is -1.82. The number of rotatable bonds is 3. The molecule has 1 N–H and O–H groups in total. The van der Waals surface area contributed by atoms with Crippen LogP contribution in [0.1, 0.15) is 12.5 Å². The maximum absolute atomic E-state index is 13.5. The van der Waals surface area contributed by atoms with E-state index in [1.54, 1.807) is 6.92 Å². The Balaban J connectivity index is 2.11. The van der Waals surface area contributed by atoms with Crippen molar-refractivity contribution in [2.75, 3.05) is 19.8 Å². The van der Waals surface area contributed by atoms with Crippen LogP contribution in [0.4, 0.5) is 8.78 Å². The fourth-order valence-electron chi connectivity index (χ4n) is 2.23. The molecular formula is C14H17F2NO3. The molecule has 1 aromatic rings. The van der Waals surface area contributed by atoms with Gasteiger partial charge >= 0.3 is 0 Å². The lowest BCUT2D eigenvalue weighted by Gasteiger charge is -2.37. The maximum Gasteiger partial charge on any atom is 0.227 e. The molecule has 2 atom stereocenters. The van der Waals surface area contributed by atoms with Crippen LogP contribution < -0.4 is 0 Å². The van der Waals surface area contributed by atoms with E-state index in [-0.39, 0.29) is 37.1 Å². The van der Waals surface area contributed by atoms with E-state index >= 15 is 0 Å². The first kappa shape index (κ1) is 14.9. The highest BCUT2D eigenvalue weighted by atomic mass is 19.1. The highest BCUT2D eigenvalue weighted by Crippen LogP contribution is 2.17. The zero-order valence-corrected chi connectivity index (χ0v) is 11.2. The van der Waals surface area contributed by atoms with Crippen LogP contribution in [0.25, 0.3) is 0 Å². The molecule has 110 valence electrons. The standard InChI is InChI=1S/C14H17F2NO3/c1-9-8-20-10(7-18)6-17(9)14(19)5-11-12(15)3-2-4-13(11)16/h2-4,9-10,18H,5-8H2,1H3. The zero-order chi connectivity index (χ0) is 14.7. The number of amides is 1. The smallest absolute Gasteiger partial charge is 0.227 e. The van der Waals surface area contributed by atoms with E-state index in [4.69, 9.17) is 9.84 Å². The summed E-state index contributed by atoms with van der Waals surface area (Å²) in [6.45, 7) is 2.14. The quantitative estimate of drug-likeness (QED) is 0.905. The topological polar surface area (TPSA) is 49.8 Å². The van der Waals surface area contributed by atoms with E-state index in [0.29, 0.717) is 6.61 Å². The summed E-state index contributed by atoms with van der Waals surface area (Å²) in [5.41, 5.74) is -0.225. The van der Waals surface area contributed by atoms with Gasteiger partial charge in [0.2, 0.25) is 5.91 Å². The van der Waals surface area contributed by atoms with E-state index in [9.17, 15) is 13.6 Å². The number of hydrogen-bond donors (Lipinski definition) is 1. The Morgan fingerprint density at radius 2 is 2.10 bits per heavy atom. The molecule has 1 fully saturated rings. The Labute approximate surface area is 116 Å². The number of carbonyl (C=O) groups is 1. The molecule has 2 unspecified atom stereocenters. The van der Waals surface area contributed by atoms with Crippen molar-refractivity contribution in [3.05, 3.63) is 35.4 Å². The van der Waals surface area contributed by atoms with Crippen molar-refractivity contribution in [2.24, 2.45) is 0 Å². The first-order chi connectivity index (χ1) is 9.52. The van der Waals surface area contributed by atoms with Crippen LogP contribution in [0, 0.1) is 11.6 Å². The number of hydrogen-bond acceptors (Lipinski definition) is 3. The summed E-state index contributed by atoms with van der Waals surface area (Å²) in [5, 5.41) is 9.07. The monoisotopic (exact) mass is 285 g/mol. The Morgan fingerprint density at radius 1 is 1.45 bits per heavy atom. The second-order valence-corrected chi connectivity index (χ2v) is 4.91. The number of ether oxygens (including phenoxy) is 1. The summed E-state index contributed by atoms with van der Waals surface area (Å²) >= 11 is 0. The predicted octanol–water partition coefficient (Wildman–Crippen LogP) is 1.12. The Bertz CT molecular complexity index is 475. The van der Waals surface area contributed by atoms with Crippen LogP contribution in [0.5, 0.6) is 0 Å². The van der Waals surface area contributed by atoms with E-state index in [1.165, 1.54) is 11.0 Å². The van der Waals surface area contributed by atoms with E-state index < -0.39 is 17.7 Å².